The lowest BCUT2D eigenvalue weighted by Gasteiger charge is -2.39. The van der Waals surface area contributed by atoms with E-state index in [0.29, 0.717) is 17.5 Å². The Morgan fingerprint density at radius 1 is 1.22 bits per heavy atom. The Morgan fingerprint density at radius 2 is 1.89 bits per heavy atom. The first-order valence-electron chi connectivity index (χ1n) is 9.69. The first kappa shape index (κ1) is 17.9. The molecule has 1 aromatic carbocycles. The van der Waals surface area contributed by atoms with Crippen LogP contribution in [0.4, 0.5) is 5.95 Å². The Hall–Kier alpha value is -2.47. The van der Waals surface area contributed by atoms with Gasteiger partial charge in [0.2, 0.25) is 5.95 Å². The number of nitrogens with zero attached hydrogens (tertiary/aromatic N) is 3. The second-order valence-electron chi connectivity index (χ2n) is 8.17. The topological polar surface area (TPSA) is 84.1 Å². The summed E-state index contributed by atoms with van der Waals surface area (Å²) in [5.74, 6) is 0.844. The number of benzene rings is 1. The van der Waals surface area contributed by atoms with Gasteiger partial charge < -0.3 is 16.0 Å². The maximum absolute atomic E-state index is 12.6. The molecule has 3 N–H and O–H groups in total. The number of likely N-dealkylation sites (tertiary alicyclic amines) is 1. The van der Waals surface area contributed by atoms with Crippen LogP contribution >= 0.6 is 0 Å². The third-order valence-electron chi connectivity index (χ3n) is 5.99. The van der Waals surface area contributed by atoms with Crippen molar-refractivity contribution in [1.82, 2.24) is 20.2 Å². The van der Waals surface area contributed by atoms with E-state index >= 15 is 0 Å². The lowest BCUT2D eigenvalue weighted by molar-refractivity contribution is 0.0604. The fraction of sp³-hybridized carbons (Fsp3) is 0.476. The van der Waals surface area contributed by atoms with E-state index in [2.05, 4.69) is 52.5 Å². The van der Waals surface area contributed by atoms with Gasteiger partial charge in [0.15, 0.2) is 0 Å². The van der Waals surface area contributed by atoms with Gasteiger partial charge in [-0.3, -0.25) is 4.79 Å². The zero-order chi connectivity index (χ0) is 18.9. The standard InChI is InChI=1S/C21H27N5O/c1-21(14-25-18-11-17(18)15-5-3-2-4-6-15)7-9-26(10-8-21)19(27)16-12-23-20(22)24-13-16/h2-6,12-13,17-18,25H,7-11,14H2,1H3,(H2,22,23,24). The Balaban J connectivity index is 1.26. The van der Waals surface area contributed by atoms with Crippen molar-refractivity contribution in [1.29, 1.82) is 0 Å². The van der Waals surface area contributed by atoms with Crippen molar-refractivity contribution in [2.45, 2.75) is 38.1 Å². The molecule has 2 aromatic rings. The number of carbonyl (C=O) groups excluding carboxylic acids is 1. The van der Waals surface area contributed by atoms with Gasteiger partial charge in [0.1, 0.15) is 0 Å². The third kappa shape index (κ3) is 4.11. The van der Waals surface area contributed by atoms with Crippen LogP contribution in [0.1, 0.15) is 48.0 Å². The number of nitrogens with two attached hydrogens (primary N) is 1. The highest BCUT2D eigenvalue weighted by Crippen LogP contribution is 2.41. The van der Waals surface area contributed by atoms with Crippen molar-refractivity contribution in [3.63, 3.8) is 0 Å². The van der Waals surface area contributed by atoms with Gasteiger partial charge in [-0.15, -0.1) is 0 Å². The molecule has 142 valence electrons. The Morgan fingerprint density at radius 3 is 2.56 bits per heavy atom. The summed E-state index contributed by atoms with van der Waals surface area (Å²) in [5.41, 5.74) is 7.68. The number of piperidine rings is 1. The van der Waals surface area contributed by atoms with Crippen LogP contribution in [0.15, 0.2) is 42.7 Å². The molecule has 2 aliphatic rings. The number of rotatable bonds is 5. The molecule has 1 saturated heterocycles. The number of anilines is 1. The molecule has 6 heteroatoms. The molecule has 4 rings (SSSR count). The van der Waals surface area contributed by atoms with Gasteiger partial charge in [-0.05, 0) is 30.2 Å². The number of hydrogen-bond acceptors (Lipinski definition) is 5. The molecule has 0 spiro atoms. The molecule has 1 saturated carbocycles. The van der Waals surface area contributed by atoms with Crippen LogP contribution in [-0.2, 0) is 0 Å². The minimum atomic E-state index is -0.00339. The van der Waals surface area contributed by atoms with Gasteiger partial charge in [-0.2, -0.15) is 0 Å². The van der Waals surface area contributed by atoms with Gasteiger partial charge in [0, 0.05) is 44.0 Å². The highest BCUT2D eigenvalue weighted by atomic mass is 16.2. The molecule has 27 heavy (non-hydrogen) atoms. The lowest BCUT2D eigenvalue weighted by Crippen LogP contribution is -2.46. The largest absolute Gasteiger partial charge is 0.368 e. The van der Waals surface area contributed by atoms with Crippen molar-refractivity contribution in [3.8, 4) is 0 Å². The van der Waals surface area contributed by atoms with Crippen LogP contribution in [0.2, 0.25) is 0 Å². The fourth-order valence-electron chi connectivity index (χ4n) is 3.92. The molecule has 1 aliphatic carbocycles. The number of nitrogens with one attached hydrogen (secondary N) is 1. The maximum atomic E-state index is 12.6. The van der Waals surface area contributed by atoms with Crippen molar-refractivity contribution in [2.75, 3.05) is 25.4 Å². The Kier molecular flexibility index (Phi) is 4.83. The molecule has 6 nitrogen and oxygen atoms in total. The highest BCUT2D eigenvalue weighted by molar-refractivity contribution is 5.93. The lowest BCUT2D eigenvalue weighted by atomic mass is 9.80. The monoisotopic (exact) mass is 365 g/mol. The number of hydrogen-bond donors (Lipinski definition) is 2. The summed E-state index contributed by atoms with van der Waals surface area (Å²) in [6.45, 7) is 4.88. The Labute approximate surface area is 160 Å². The summed E-state index contributed by atoms with van der Waals surface area (Å²) in [6.07, 6.45) is 6.25. The van der Waals surface area contributed by atoms with Crippen LogP contribution in [0.5, 0.6) is 0 Å². The summed E-state index contributed by atoms with van der Waals surface area (Å²) in [4.78, 5) is 22.3. The predicted molar refractivity (Wildman–Crippen MR) is 105 cm³/mol. The van der Waals surface area contributed by atoms with Crippen molar-refractivity contribution in [2.24, 2.45) is 5.41 Å². The molecule has 2 heterocycles. The molecule has 1 aliphatic heterocycles. The number of aromatic nitrogens is 2. The predicted octanol–water partition coefficient (Wildman–Crippen LogP) is 2.45. The molecule has 1 amide bonds. The zero-order valence-corrected chi connectivity index (χ0v) is 15.8. The van der Waals surface area contributed by atoms with Gasteiger partial charge in [-0.1, -0.05) is 37.3 Å². The van der Waals surface area contributed by atoms with Crippen molar-refractivity contribution < 1.29 is 4.79 Å². The third-order valence-corrected chi connectivity index (χ3v) is 5.99. The molecule has 2 atom stereocenters. The van der Waals surface area contributed by atoms with Crippen LogP contribution < -0.4 is 11.1 Å². The van der Waals surface area contributed by atoms with E-state index in [1.807, 2.05) is 4.90 Å². The summed E-state index contributed by atoms with van der Waals surface area (Å²) < 4.78 is 0. The summed E-state index contributed by atoms with van der Waals surface area (Å²) in [6, 6.07) is 11.3. The van der Waals surface area contributed by atoms with Gasteiger partial charge in [0.25, 0.3) is 5.91 Å². The summed E-state index contributed by atoms with van der Waals surface area (Å²) in [7, 11) is 0. The van der Waals surface area contributed by atoms with Crippen molar-refractivity contribution in [3.05, 3.63) is 53.9 Å². The minimum absolute atomic E-state index is 0.00339. The zero-order valence-electron chi connectivity index (χ0n) is 15.8. The van der Waals surface area contributed by atoms with E-state index in [1.54, 1.807) is 0 Å². The summed E-state index contributed by atoms with van der Waals surface area (Å²) in [5, 5.41) is 3.76. The SMILES string of the molecule is CC1(CNC2CC2c2ccccc2)CCN(C(=O)c2cnc(N)nc2)CC1. The molecule has 2 unspecified atom stereocenters. The number of nitrogen functional groups attached to an aromatic ring is 1. The quantitative estimate of drug-likeness (QED) is 0.850. The number of amides is 1. The van der Waals surface area contributed by atoms with E-state index in [9.17, 15) is 4.79 Å². The first-order valence-corrected chi connectivity index (χ1v) is 9.69. The van der Waals surface area contributed by atoms with Crippen LogP contribution in [-0.4, -0.2) is 46.5 Å². The first-order chi connectivity index (χ1) is 13.0. The summed E-state index contributed by atoms with van der Waals surface area (Å²) >= 11 is 0. The van der Waals surface area contributed by atoms with Gasteiger partial charge in [-0.25, -0.2) is 9.97 Å². The Bertz CT molecular complexity index is 784. The van der Waals surface area contributed by atoms with E-state index in [-0.39, 0.29) is 17.3 Å². The molecular weight excluding hydrogens is 338 g/mol. The van der Waals surface area contributed by atoms with Crippen molar-refractivity contribution >= 4 is 11.9 Å². The van der Waals surface area contributed by atoms with Crippen LogP contribution in [0.25, 0.3) is 0 Å². The normalized spacial score (nSPS) is 23.8. The molecule has 0 radical (unpaired) electrons. The highest BCUT2D eigenvalue weighted by Gasteiger charge is 2.40. The second-order valence-corrected chi connectivity index (χ2v) is 8.17. The van der Waals surface area contributed by atoms with E-state index < -0.39 is 0 Å². The second kappa shape index (κ2) is 7.27. The maximum Gasteiger partial charge on any atom is 0.256 e. The molecular formula is C21H27N5O. The van der Waals surface area contributed by atoms with E-state index in [1.165, 1.54) is 24.4 Å². The molecule has 0 bridgehead atoms. The molecule has 2 fully saturated rings. The van der Waals surface area contributed by atoms with E-state index in [0.717, 1.165) is 32.5 Å². The smallest absolute Gasteiger partial charge is 0.256 e. The van der Waals surface area contributed by atoms with Gasteiger partial charge in [0.05, 0.1) is 5.56 Å². The van der Waals surface area contributed by atoms with Crippen LogP contribution in [0, 0.1) is 5.41 Å². The average Bonchev–Trinajstić information content (AvgIpc) is 3.48. The van der Waals surface area contributed by atoms with Gasteiger partial charge >= 0.3 is 0 Å². The average molecular weight is 365 g/mol. The fourth-order valence-corrected chi connectivity index (χ4v) is 3.92. The van der Waals surface area contributed by atoms with Crippen LogP contribution in [0.3, 0.4) is 0 Å². The molecule has 1 aromatic heterocycles. The number of carbonyl (C=O) groups is 1. The minimum Gasteiger partial charge on any atom is -0.368 e. The van der Waals surface area contributed by atoms with E-state index in [4.69, 9.17) is 5.73 Å².